The molecule has 0 atom stereocenters. The van der Waals surface area contributed by atoms with E-state index in [1.807, 2.05) is 79.2 Å². The van der Waals surface area contributed by atoms with Gasteiger partial charge in [-0.15, -0.1) is 0 Å². The highest BCUT2D eigenvalue weighted by molar-refractivity contribution is 6.31. The molecule has 4 aromatic rings. The number of carbonyl (C=O) groups is 1. The molecule has 5 nitrogen and oxygen atoms in total. The minimum atomic E-state index is -0.0999. The molecule has 0 saturated carbocycles. The number of nitriles is 1. The van der Waals surface area contributed by atoms with Crippen LogP contribution in [0, 0.1) is 25.2 Å². The van der Waals surface area contributed by atoms with Crippen LogP contribution in [0.5, 0.6) is 0 Å². The molecule has 6 heteroatoms. The topological polar surface area (TPSA) is 70.7 Å². The van der Waals surface area contributed by atoms with Crippen LogP contribution < -0.4 is 5.32 Å². The van der Waals surface area contributed by atoms with Crippen LogP contribution in [0.3, 0.4) is 0 Å². The minimum absolute atomic E-state index is 0.0999. The molecule has 0 aliphatic rings. The maximum Gasteiger partial charge on any atom is 0.251 e. The summed E-state index contributed by atoms with van der Waals surface area (Å²) in [6.07, 6.45) is 0.654. The van der Waals surface area contributed by atoms with E-state index >= 15 is 0 Å². The third-order valence-electron chi connectivity index (χ3n) is 5.62. The summed E-state index contributed by atoms with van der Waals surface area (Å²) in [7, 11) is 0. The van der Waals surface area contributed by atoms with Crippen LogP contribution >= 0.6 is 11.6 Å². The van der Waals surface area contributed by atoms with Crippen LogP contribution in [0.2, 0.25) is 5.02 Å². The summed E-state index contributed by atoms with van der Waals surface area (Å²) in [5.74, 6) is -0.0999. The number of rotatable bonds is 6. The summed E-state index contributed by atoms with van der Waals surface area (Å²) >= 11 is 6.22. The van der Waals surface area contributed by atoms with E-state index in [1.54, 1.807) is 12.1 Å². The summed E-state index contributed by atoms with van der Waals surface area (Å²) in [4.78, 5) is 12.7. The lowest BCUT2D eigenvalue weighted by Gasteiger charge is -2.09. The Hall–Kier alpha value is -3.88. The molecule has 4 rings (SSSR count). The largest absolute Gasteiger partial charge is 0.348 e. The standard InChI is InChI=1S/C27H23ClN4O/c1-18-25(19(2)32(31-18)24-12-11-23(16-29)26(28)15-24)14-21-9-6-10-22(13-21)27(33)30-17-20-7-4-3-5-8-20/h3-13,15H,14,17H2,1-2H3,(H,30,33). The second kappa shape index (κ2) is 9.72. The normalized spacial score (nSPS) is 10.6. The first-order valence-electron chi connectivity index (χ1n) is 10.6. The molecule has 0 radical (unpaired) electrons. The lowest BCUT2D eigenvalue weighted by molar-refractivity contribution is 0.0951. The van der Waals surface area contributed by atoms with Gasteiger partial charge in [0.2, 0.25) is 0 Å². The average molecular weight is 455 g/mol. The van der Waals surface area contributed by atoms with Crippen molar-refractivity contribution in [2.24, 2.45) is 0 Å². The molecular weight excluding hydrogens is 432 g/mol. The van der Waals surface area contributed by atoms with Gasteiger partial charge in [-0.1, -0.05) is 54.1 Å². The van der Waals surface area contributed by atoms with Crippen molar-refractivity contribution in [3.8, 4) is 11.8 Å². The molecule has 1 heterocycles. The highest BCUT2D eigenvalue weighted by atomic mass is 35.5. The van der Waals surface area contributed by atoms with E-state index in [0.29, 0.717) is 29.1 Å². The molecule has 0 saturated heterocycles. The molecule has 33 heavy (non-hydrogen) atoms. The Labute approximate surface area is 198 Å². The van der Waals surface area contributed by atoms with E-state index in [9.17, 15) is 4.79 Å². The summed E-state index contributed by atoms with van der Waals surface area (Å²) in [6, 6.07) is 24.9. The van der Waals surface area contributed by atoms with E-state index in [-0.39, 0.29) is 5.91 Å². The van der Waals surface area contributed by atoms with Gasteiger partial charge >= 0.3 is 0 Å². The van der Waals surface area contributed by atoms with Crippen molar-refractivity contribution in [3.05, 3.63) is 117 Å². The van der Waals surface area contributed by atoms with Crippen molar-refractivity contribution in [1.29, 1.82) is 5.26 Å². The molecule has 3 aromatic carbocycles. The monoisotopic (exact) mass is 454 g/mol. The van der Waals surface area contributed by atoms with Gasteiger partial charge in [0.1, 0.15) is 6.07 Å². The van der Waals surface area contributed by atoms with Crippen molar-refractivity contribution in [1.82, 2.24) is 15.1 Å². The molecule has 164 valence electrons. The Kier molecular flexibility index (Phi) is 6.58. The Morgan fingerprint density at radius 2 is 1.79 bits per heavy atom. The number of benzene rings is 3. The van der Waals surface area contributed by atoms with Gasteiger partial charge in [0, 0.05) is 29.8 Å². The van der Waals surface area contributed by atoms with Gasteiger partial charge < -0.3 is 5.32 Å². The molecule has 0 aliphatic heterocycles. The molecule has 0 bridgehead atoms. The van der Waals surface area contributed by atoms with Crippen LogP contribution in [-0.4, -0.2) is 15.7 Å². The number of hydrogen-bond acceptors (Lipinski definition) is 3. The first-order chi connectivity index (χ1) is 16.0. The fraction of sp³-hybridized carbons (Fsp3) is 0.148. The summed E-state index contributed by atoms with van der Waals surface area (Å²) in [6.45, 7) is 4.47. The zero-order valence-electron chi connectivity index (χ0n) is 18.5. The Bertz CT molecular complexity index is 1350. The van der Waals surface area contributed by atoms with Crippen LogP contribution in [0.15, 0.2) is 72.8 Å². The third-order valence-corrected chi connectivity index (χ3v) is 5.94. The van der Waals surface area contributed by atoms with Crippen LogP contribution in [0.1, 0.15) is 44.0 Å². The minimum Gasteiger partial charge on any atom is -0.348 e. The highest BCUT2D eigenvalue weighted by Gasteiger charge is 2.15. The third kappa shape index (κ3) is 4.97. The van der Waals surface area contributed by atoms with E-state index in [0.717, 1.165) is 33.8 Å². The lowest BCUT2D eigenvalue weighted by atomic mass is 10.0. The molecule has 0 fully saturated rings. The first kappa shape index (κ1) is 22.3. The van der Waals surface area contributed by atoms with Gasteiger partial charge in [-0.3, -0.25) is 4.79 Å². The zero-order chi connectivity index (χ0) is 23.4. The van der Waals surface area contributed by atoms with Crippen LogP contribution in [-0.2, 0) is 13.0 Å². The second-order valence-corrected chi connectivity index (χ2v) is 8.29. The molecule has 0 spiro atoms. The molecule has 1 aromatic heterocycles. The van der Waals surface area contributed by atoms with E-state index < -0.39 is 0 Å². The van der Waals surface area contributed by atoms with Crippen LogP contribution in [0.25, 0.3) is 5.69 Å². The number of nitrogens with one attached hydrogen (secondary N) is 1. The maximum atomic E-state index is 12.7. The van der Waals surface area contributed by atoms with E-state index in [1.165, 1.54) is 0 Å². The smallest absolute Gasteiger partial charge is 0.251 e. The number of halogens is 1. The van der Waals surface area contributed by atoms with Gasteiger partial charge in [0.15, 0.2) is 0 Å². The van der Waals surface area contributed by atoms with E-state index in [4.69, 9.17) is 16.9 Å². The average Bonchev–Trinajstić information content (AvgIpc) is 3.11. The SMILES string of the molecule is Cc1nn(-c2ccc(C#N)c(Cl)c2)c(C)c1Cc1cccc(C(=O)NCc2ccccc2)c1. The van der Waals surface area contributed by atoms with Crippen molar-refractivity contribution in [2.45, 2.75) is 26.8 Å². The first-order valence-corrected chi connectivity index (χ1v) is 11.0. The summed E-state index contributed by atoms with van der Waals surface area (Å²) < 4.78 is 1.84. The fourth-order valence-electron chi connectivity index (χ4n) is 3.82. The molecule has 0 unspecified atom stereocenters. The number of nitrogens with zero attached hydrogens (tertiary/aromatic N) is 3. The molecule has 1 amide bonds. The van der Waals surface area contributed by atoms with Gasteiger partial charge in [-0.2, -0.15) is 10.4 Å². The number of amides is 1. The van der Waals surface area contributed by atoms with Crippen molar-refractivity contribution in [2.75, 3.05) is 0 Å². The number of aryl methyl sites for hydroxylation is 1. The predicted octanol–water partition coefficient (Wildman–Crippen LogP) is 5.54. The number of aromatic nitrogens is 2. The molecule has 0 aliphatic carbocycles. The van der Waals surface area contributed by atoms with Gasteiger partial charge in [0.25, 0.3) is 5.91 Å². The molecule has 1 N–H and O–H groups in total. The lowest BCUT2D eigenvalue weighted by Crippen LogP contribution is -2.22. The zero-order valence-corrected chi connectivity index (χ0v) is 19.2. The highest BCUT2D eigenvalue weighted by Crippen LogP contribution is 2.24. The molecular formula is C27H23ClN4O. The second-order valence-electron chi connectivity index (χ2n) is 7.88. The quantitative estimate of drug-likeness (QED) is 0.416. The van der Waals surface area contributed by atoms with Gasteiger partial charge in [-0.05, 0) is 55.3 Å². The van der Waals surface area contributed by atoms with E-state index in [2.05, 4.69) is 16.5 Å². The van der Waals surface area contributed by atoms with Gasteiger partial charge in [0.05, 0.1) is 22.0 Å². The van der Waals surface area contributed by atoms with Crippen molar-refractivity contribution in [3.63, 3.8) is 0 Å². The Balaban J connectivity index is 1.53. The number of carbonyl (C=O) groups excluding carboxylic acids is 1. The van der Waals surface area contributed by atoms with Crippen LogP contribution in [0.4, 0.5) is 0 Å². The number of hydrogen-bond donors (Lipinski definition) is 1. The summed E-state index contributed by atoms with van der Waals surface area (Å²) in [5, 5.41) is 17.2. The van der Waals surface area contributed by atoms with Crippen molar-refractivity contribution >= 4 is 17.5 Å². The Morgan fingerprint density at radius 3 is 2.52 bits per heavy atom. The van der Waals surface area contributed by atoms with Gasteiger partial charge in [-0.25, -0.2) is 4.68 Å². The van der Waals surface area contributed by atoms with Crippen molar-refractivity contribution < 1.29 is 4.79 Å². The Morgan fingerprint density at radius 1 is 1.03 bits per heavy atom. The maximum absolute atomic E-state index is 12.7. The predicted molar refractivity (Wildman–Crippen MR) is 130 cm³/mol. The fourth-order valence-corrected chi connectivity index (χ4v) is 4.03. The summed E-state index contributed by atoms with van der Waals surface area (Å²) in [5.41, 5.74) is 6.96.